The highest BCUT2D eigenvalue weighted by molar-refractivity contribution is 8.18. The van der Waals surface area contributed by atoms with Gasteiger partial charge in [-0.2, -0.15) is 0 Å². The molecule has 1 aliphatic heterocycles. The van der Waals surface area contributed by atoms with Gasteiger partial charge in [-0.25, -0.2) is 4.99 Å². The molecule has 1 saturated heterocycles. The number of hydrogen-bond donors (Lipinski definition) is 1. The number of amidine groups is 1. The predicted molar refractivity (Wildman–Crippen MR) is 95.0 cm³/mol. The summed E-state index contributed by atoms with van der Waals surface area (Å²) in [5.41, 5.74) is 2.91. The number of amides is 1. The second-order valence-corrected chi connectivity index (χ2v) is 6.12. The van der Waals surface area contributed by atoms with E-state index in [2.05, 4.69) is 10.3 Å². The SMILES string of the molecule is COc1cccc(C=C2SC(=Nc3ccc(C)cc3)NC2=O)c1. The molecule has 0 spiro atoms. The first-order chi connectivity index (χ1) is 11.1. The molecule has 0 atom stereocenters. The standard InChI is InChI=1S/C18H16N2O2S/c1-12-6-8-14(9-7-12)19-18-20-17(21)16(23-18)11-13-4-3-5-15(10-13)22-2/h3-11H,1-2H3,(H,19,20,21). The summed E-state index contributed by atoms with van der Waals surface area (Å²) in [5, 5.41) is 3.38. The summed E-state index contributed by atoms with van der Waals surface area (Å²) in [7, 11) is 1.62. The minimum atomic E-state index is -0.135. The summed E-state index contributed by atoms with van der Waals surface area (Å²) < 4.78 is 5.20. The Labute approximate surface area is 139 Å². The van der Waals surface area contributed by atoms with E-state index in [1.54, 1.807) is 7.11 Å². The summed E-state index contributed by atoms with van der Waals surface area (Å²) in [4.78, 5) is 17.1. The van der Waals surface area contributed by atoms with Crippen LogP contribution in [0.25, 0.3) is 6.08 Å². The summed E-state index contributed by atoms with van der Waals surface area (Å²) in [6.45, 7) is 2.03. The molecule has 0 aromatic heterocycles. The molecule has 3 rings (SSSR count). The lowest BCUT2D eigenvalue weighted by atomic mass is 10.2. The minimum Gasteiger partial charge on any atom is -0.497 e. The number of hydrogen-bond acceptors (Lipinski definition) is 4. The summed E-state index contributed by atoms with van der Waals surface area (Å²) in [5.74, 6) is 0.625. The molecule has 0 unspecified atom stereocenters. The number of benzene rings is 2. The van der Waals surface area contributed by atoms with Gasteiger partial charge >= 0.3 is 0 Å². The lowest BCUT2D eigenvalue weighted by Crippen LogP contribution is -2.19. The first-order valence-electron chi connectivity index (χ1n) is 7.14. The Balaban J connectivity index is 1.81. The van der Waals surface area contributed by atoms with E-state index >= 15 is 0 Å². The number of thioether (sulfide) groups is 1. The number of ether oxygens (including phenoxy) is 1. The molecule has 0 radical (unpaired) electrons. The Hall–Kier alpha value is -2.53. The van der Waals surface area contributed by atoms with Gasteiger partial charge in [0, 0.05) is 0 Å². The maximum atomic E-state index is 12.1. The first kappa shape index (κ1) is 15.4. The average molecular weight is 324 g/mol. The van der Waals surface area contributed by atoms with Crippen molar-refractivity contribution in [3.63, 3.8) is 0 Å². The normalized spacial score (nSPS) is 17.6. The number of nitrogens with one attached hydrogen (secondary N) is 1. The lowest BCUT2D eigenvalue weighted by molar-refractivity contribution is -0.115. The van der Waals surface area contributed by atoms with Gasteiger partial charge in [0.15, 0.2) is 5.17 Å². The van der Waals surface area contributed by atoms with Crippen LogP contribution >= 0.6 is 11.8 Å². The fraction of sp³-hybridized carbons (Fsp3) is 0.111. The third kappa shape index (κ3) is 3.81. The Morgan fingerprint density at radius 3 is 2.70 bits per heavy atom. The number of rotatable bonds is 3. The van der Waals surface area contributed by atoms with Crippen molar-refractivity contribution in [1.82, 2.24) is 5.32 Å². The quantitative estimate of drug-likeness (QED) is 0.871. The third-order valence-electron chi connectivity index (χ3n) is 3.31. The number of aliphatic imine (C=N–C) groups is 1. The van der Waals surface area contributed by atoms with E-state index in [9.17, 15) is 4.79 Å². The molecule has 1 heterocycles. The maximum Gasteiger partial charge on any atom is 0.264 e. The zero-order chi connectivity index (χ0) is 16.2. The van der Waals surface area contributed by atoms with E-state index in [0.29, 0.717) is 10.1 Å². The smallest absolute Gasteiger partial charge is 0.264 e. The van der Waals surface area contributed by atoms with Crippen LogP contribution in [0, 0.1) is 6.92 Å². The Morgan fingerprint density at radius 1 is 1.17 bits per heavy atom. The van der Waals surface area contributed by atoms with Crippen LogP contribution in [0.4, 0.5) is 5.69 Å². The van der Waals surface area contributed by atoms with Gasteiger partial charge in [-0.15, -0.1) is 0 Å². The third-order valence-corrected chi connectivity index (χ3v) is 4.22. The molecule has 0 saturated carbocycles. The van der Waals surface area contributed by atoms with Crippen LogP contribution < -0.4 is 10.1 Å². The summed E-state index contributed by atoms with van der Waals surface area (Å²) >= 11 is 1.34. The Bertz CT molecular complexity index is 795. The number of nitrogens with zero attached hydrogens (tertiary/aromatic N) is 1. The highest BCUT2D eigenvalue weighted by Crippen LogP contribution is 2.28. The maximum absolute atomic E-state index is 12.1. The number of carbonyl (C=O) groups excluding carboxylic acids is 1. The van der Waals surface area contributed by atoms with Crippen molar-refractivity contribution in [3.05, 3.63) is 64.6 Å². The largest absolute Gasteiger partial charge is 0.497 e. The van der Waals surface area contributed by atoms with Crippen molar-refractivity contribution in [1.29, 1.82) is 0 Å². The predicted octanol–water partition coefficient (Wildman–Crippen LogP) is 3.90. The molecule has 0 aliphatic carbocycles. The molecule has 2 aromatic rings. The van der Waals surface area contributed by atoms with E-state index in [0.717, 1.165) is 17.0 Å². The van der Waals surface area contributed by atoms with Crippen LogP contribution in [-0.2, 0) is 4.79 Å². The average Bonchev–Trinajstić information content (AvgIpc) is 2.89. The molecule has 1 N–H and O–H groups in total. The van der Waals surface area contributed by atoms with Crippen molar-refractivity contribution in [2.45, 2.75) is 6.92 Å². The van der Waals surface area contributed by atoms with Crippen LogP contribution in [0.15, 0.2) is 58.4 Å². The first-order valence-corrected chi connectivity index (χ1v) is 7.96. The van der Waals surface area contributed by atoms with Crippen LogP contribution in [0.3, 0.4) is 0 Å². The lowest BCUT2D eigenvalue weighted by Gasteiger charge is -2.00. The molecule has 5 heteroatoms. The van der Waals surface area contributed by atoms with Gasteiger partial charge in [-0.1, -0.05) is 29.8 Å². The molecule has 1 aliphatic rings. The van der Waals surface area contributed by atoms with E-state index < -0.39 is 0 Å². The Morgan fingerprint density at radius 2 is 1.96 bits per heavy atom. The molecule has 0 bridgehead atoms. The molecule has 1 amide bonds. The van der Waals surface area contributed by atoms with E-state index in [1.165, 1.54) is 17.3 Å². The van der Waals surface area contributed by atoms with E-state index in [4.69, 9.17) is 4.74 Å². The highest BCUT2D eigenvalue weighted by Gasteiger charge is 2.23. The van der Waals surface area contributed by atoms with Gasteiger partial charge in [0.1, 0.15) is 5.75 Å². The summed E-state index contributed by atoms with van der Waals surface area (Å²) in [6, 6.07) is 15.4. The minimum absolute atomic E-state index is 0.135. The van der Waals surface area contributed by atoms with E-state index in [-0.39, 0.29) is 5.91 Å². The molecule has 4 nitrogen and oxygen atoms in total. The summed E-state index contributed by atoms with van der Waals surface area (Å²) in [6.07, 6.45) is 1.83. The van der Waals surface area contributed by atoms with Gasteiger partial charge in [0.2, 0.25) is 0 Å². The van der Waals surface area contributed by atoms with Crippen molar-refractivity contribution in [2.75, 3.05) is 7.11 Å². The zero-order valence-electron chi connectivity index (χ0n) is 12.9. The van der Waals surface area contributed by atoms with Gasteiger partial charge in [0.25, 0.3) is 5.91 Å². The van der Waals surface area contributed by atoms with Crippen molar-refractivity contribution >= 4 is 34.6 Å². The van der Waals surface area contributed by atoms with Crippen LogP contribution in [-0.4, -0.2) is 18.2 Å². The second-order valence-electron chi connectivity index (χ2n) is 5.09. The van der Waals surface area contributed by atoms with Crippen molar-refractivity contribution < 1.29 is 9.53 Å². The molecule has 2 aromatic carbocycles. The zero-order valence-corrected chi connectivity index (χ0v) is 13.7. The Kier molecular flexibility index (Phi) is 4.48. The van der Waals surface area contributed by atoms with Crippen molar-refractivity contribution in [2.24, 2.45) is 4.99 Å². The van der Waals surface area contributed by atoms with Crippen LogP contribution in [0.5, 0.6) is 5.75 Å². The van der Waals surface area contributed by atoms with Crippen LogP contribution in [0.1, 0.15) is 11.1 Å². The van der Waals surface area contributed by atoms with E-state index in [1.807, 2.05) is 61.5 Å². The second kappa shape index (κ2) is 6.71. The van der Waals surface area contributed by atoms with Gasteiger partial charge in [-0.3, -0.25) is 4.79 Å². The number of carbonyl (C=O) groups is 1. The molecule has 1 fully saturated rings. The molecular formula is C18H16N2O2S. The monoisotopic (exact) mass is 324 g/mol. The molecular weight excluding hydrogens is 308 g/mol. The number of aryl methyl sites for hydroxylation is 1. The highest BCUT2D eigenvalue weighted by atomic mass is 32.2. The fourth-order valence-corrected chi connectivity index (χ4v) is 2.94. The molecule has 116 valence electrons. The van der Waals surface area contributed by atoms with Gasteiger partial charge in [0.05, 0.1) is 17.7 Å². The van der Waals surface area contributed by atoms with Crippen molar-refractivity contribution in [3.8, 4) is 5.75 Å². The van der Waals surface area contributed by atoms with Crippen LogP contribution in [0.2, 0.25) is 0 Å². The molecule has 23 heavy (non-hydrogen) atoms. The topological polar surface area (TPSA) is 50.7 Å². The fourth-order valence-electron chi connectivity index (χ4n) is 2.10. The van der Waals surface area contributed by atoms with Gasteiger partial charge in [-0.05, 0) is 54.6 Å². The van der Waals surface area contributed by atoms with Gasteiger partial charge < -0.3 is 10.1 Å². The number of methoxy groups -OCH3 is 1.